The van der Waals surface area contributed by atoms with E-state index in [9.17, 15) is 4.79 Å². The monoisotopic (exact) mass is 309 g/mol. The number of ether oxygens (including phenoxy) is 1. The van der Waals surface area contributed by atoms with Gasteiger partial charge in [0, 0.05) is 6.04 Å². The van der Waals surface area contributed by atoms with Crippen LogP contribution in [0.1, 0.15) is 23.6 Å². The quantitative estimate of drug-likeness (QED) is 0.811. The molecule has 18 heavy (non-hydrogen) atoms. The summed E-state index contributed by atoms with van der Waals surface area (Å²) in [6.07, 6.45) is 1.18. The Labute approximate surface area is 122 Å². The molecule has 0 radical (unpaired) electrons. The van der Waals surface area contributed by atoms with Crippen molar-refractivity contribution in [2.45, 2.75) is 18.9 Å². The Morgan fingerprint density at radius 3 is 2.61 bits per heavy atom. The molecule has 0 unspecified atom stereocenters. The van der Waals surface area contributed by atoms with E-state index in [0.717, 1.165) is 11.1 Å². The Balaban J connectivity index is 0.00000162. The molecule has 0 saturated heterocycles. The van der Waals surface area contributed by atoms with Gasteiger partial charge in [0.1, 0.15) is 0 Å². The first-order valence-corrected chi connectivity index (χ1v) is 6.09. The molecule has 2 rings (SSSR count). The maximum absolute atomic E-state index is 11.5. The summed E-state index contributed by atoms with van der Waals surface area (Å²) >= 11 is 11.9. The minimum Gasteiger partial charge on any atom is -0.469 e. The smallest absolute Gasteiger partial charge is 0.309 e. The van der Waals surface area contributed by atoms with Crippen molar-refractivity contribution in [2.24, 2.45) is 11.7 Å². The highest BCUT2D eigenvalue weighted by atomic mass is 35.5. The minimum atomic E-state index is -0.225. The molecule has 1 aromatic rings. The number of esters is 1. The van der Waals surface area contributed by atoms with Gasteiger partial charge in [-0.2, -0.15) is 0 Å². The highest BCUT2D eigenvalue weighted by Crippen LogP contribution is 2.36. The predicted molar refractivity (Wildman–Crippen MR) is 74.5 cm³/mol. The van der Waals surface area contributed by atoms with Crippen molar-refractivity contribution in [1.29, 1.82) is 0 Å². The topological polar surface area (TPSA) is 52.3 Å². The Bertz CT molecular complexity index is 465. The average molecular weight is 311 g/mol. The first-order chi connectivity index (χ1) is 8.02. The van der Waals surface area contributed by atoms with E-state index >= 15 is 0 Å². The van der Waals surface area contributed by atoms with E-state index < -0.39 is 0 Å². The van der Waals surface area contributed by atoms with Gasteiger partial charge in [0.2, 0.25) is 0 Å². The fraction of sp³-hybridized carbons (Fsp3) is 0.417. The van der Waals surface area contributed by atoms with Gasteiger partial charge < -0.3 is 10.5 Å². The van der Waals surface area contributed by atoms with Gasteiger partial charge in [0.05, 0.1) is 23.1 Å². The van der Waals surface area contributed by atoms with Gasteiger partial charge in [-0.15, -0.1) is 12.4 Å². The van der Waals surface area contributed by atoms with E-state index in [0.29, 0.717) is 22.9 Å². The molecule has 0 saturated carbocycles. The first kappa shape index (κ1) is 15.6. The van der Waals surface area contributed by atoms with Crippen molar-refractivity contribution < 1.29 is 9.53 Å². The summed E-state index contributed by atoms with van der Waals surface area (Å²) in [4.78, 5) is 11.5. The van der Waals surface area contributed by atoms with Crippen LogP contribution in [0.2, 0.25) is 10.0 Å². The van der Waals surface area contributed by atoms with Gasteiger partial charge in [-0.25, -0.2) is 0 Å². The first-order valence-electron chi connectivity index (χ1n) is 5.34. The lowest BCUT2D eigenvalue weighted by Gasteiger charge is -2.28. The highest BCUT2D eigenvalue weighted by molar-refractivity contribution is 6.42. The van der Waals surface area contributed by atoms with Gasteiger partial charge in [0.15, 0.2) is 0 Å². The molecule has 0 spiro atoms. The zero-order valence-electron chi connectivity index (χ0n) is 9.78. The fourth-order valence-electron chi connectivity index (χ4n) is 2.25. The number of methoxy groups -OCH3 is 1. The van der Waals surface area contributed by atoms with Gasteiger partial charge >= 0.3 is 5.97 Å². The highest BCUT2D eigenvalue weighted by Gasteiger charge is 2.30. The lowest BCUT2D eigenvalue weighted by Crippen LogP contribution is -2.29. The lowest BCUT2D eigenvalue weighted by molar-refractivity contribution is -0.146. The fourth-order valence-corrected chi connectivity index (χ4v) is 2.61. The van der Waals surface area contributed by atoms with E-state index in [4.69, 9.17) is 33.7 Å². The molecule has 0 aliphatic heterocycles. The number of benzene rings is 1. The normalized spacial score (nSPS) is 21.8. The number of rotatable bonds is 1. The second kappa shape index (κ2) is 6.11. The lowest BCUT2D eigenvalue weighted by atomic mass is 9.81. The third kappa shape index (κ3) is 2.91. The van der Waals surface area contributed by atoms with Crippen LogP contribution in [-0.2, 0) is 16.0 Å². The Hall–Kier alpha value is -0.480. The third-order valence-corrected chi connectivity index (χ3v) is 3.84. The van der Waals surface area contributed by atoms with Crippen molar-refractivity contribution in [2.75, 3.05) is 7.11 Å². The van der Waals surface area contributed by atoms with Gasteiger partial charge in [-0.1, -0.05) is 23.2 Å². The SMILES string of the molecule is COC(=O)[C@@H]1Cc2cc(Cl)c(Cl)cc2[C@@H](N)C1.Cl. The maximum atomic E-state index is 11.5. The Morgan fingerprint density at radius 1 is 1.39 bits per heavy atom. The Morgan fingerprint density at radius 2 is 2.00 bits per heavy atom. The minimum absolute atomic E-state index is 0. The van der Waals surface area contributed by atoms with Crippen molar-refractivity contribution in [3.8, 4) is 0 Å². The molecule has 0 fully saturated rings. The molecule has 1 aliphatic rings. The second-order valence-electron chi connectivity index (χ2n) is 4.23. The van der Waals surface area contributed by atoms with Crippen LogP contribution < -0.4 is 5.73 Å². The molecule has 1 aromatic carbocycles. The maximum Gasteiger partial charge on any atom is 0.309 e. The van der Waals surface area contributed by atoms with Crippen molar-refractivity contribution in [1.82, 2.24) is 0 Å². The second-order valence-corrected chi connectivity index (χ2v) is 5.05. The zero-order chi connectivity index (χ0) is 12.6. The molecule has 2 atom stereocenters. The summed E-state index contributed by atoms with van der Waals surface area (Å²) < 4.78 is 4.75. The van der Waals surface area contributed by atoms with Gasteiger partial charge in [-0.05, 0) is 36.1 Å². The van der Waals surface area contributed by atoms with Gasteiger partial charge in [0.25, 0.3) is 0 Å². The number of carbonyl (C=O) groups is 1. The van der Waals surface area contributed by atoms with E-state index in [-0.39, 0.29) is 30.3 Å². The summed E-state index contributed by atoms with van der Waals surface area (Å²) in [5, 5.41) is 0.987. The largest absolute Gasteiger partial charge is 0.469 e. The molecular weight excluding hydrogens is 296 g/mol. The van der Waals surface area contributed by atoms with Crippen LogP contribution >= 0.6 is 35.6 Å². The molecule has 0 bridgehead atoms. The van der Waals surface area contributed by atoms with Crippen LogP contribution in [0.3, 0.4) is 0 Å². The molecule has 3 nitrogen and oxygen atoms in total. The van der Waals surface area contributed by atoms with E-state index in [1.165, 1.54) is 7.11 Å². The van der Waals surface area contributed by atoms with Crippen molar-refractivity contribution in [3.63, 3.8) is 0 Å². The van der Waals surface area contributed by atoms with Crippen LogP contribution in [0, 0.1) is 5.92 Å². The molecule has 100 valence electrons. The van der Waals surface area contributed by atoms with E-state index in [2.05, 4.69) is 0 Å². The summed E-state index contributed by atoms with van der Waals surface area (Å²) in [6.45, 7) is 0. The summed E-state index contributed by atoms with van der Waals surface area (Å²) in [6, 6.07) is 3.38. The van der Waals surface area contributed by atoms with Crippen molar-refractivity contribution in [3.05, 3.63) is 33.3 Å². The molecule has 0 heterocycles. The van der Waals surface area contributed by atoms with Crippen LogP contribution in [0.4, 0.5) is 0 Å². The zero-order valence-corrected chi connectivity index (χ0v) is 12.1. The molecule has 6 heteroatoms. The summed E-state index contributed by atoms with van der Waals surface area (Å²) in [5.74, 6) is -0.420. The average Bonchev–Trinajstić information content (AvgIpc) is 2.30. The van der Waals surface area contributed by atoms with Crippen LogP contribution in [-0.4, -0.2) is 13.1 Å². The number of halogens is 3. The number of hydrogen-bond donors (Lipinski definition) is 1. The van der Waals surface area contributed by atoms with Crippen LogP contribution in [0.25, 0.3) is 0 Å². The molecular formula is C12H14Cl3NO2. The third-order valence-electron chi connectivity index (χ3n) is 3.12. The number of nitrogens with two attached hydrogens (primary N) is 1. The van der Waals surface area contributed by atoms with E-state index in [1.54, 1.807) is 12.1 Å². The molecule has 0 amide bonds. The molecule has 1 aliphatic carbocycles. The number of fused-ring (bicyclic) bond motifs is 1. The van der Waals surface area contributed by atoms with Crippen molar-refractivity contribution >= 4 is 41.6 Å². The standard InChI is InChI=1S/C12H13Cl2NO2.ClH/c1-17-12(16)7-2-6-3-9(13)10(14)5-8(6)11(15)4-7;/h3,5,7,11H,2,4,15H2,1H3;1H/t7-,11+;/m1./s1. The number of hydrogen-bond acceptors (Lipinski definition) is 3. The number of carbonyl (C=O) groups excluding carboxylic acids is 1. The summed E-state index contributed by atoms with van der Waals surface area (Å²) in [5.41, 5.74) is 7.99. The molecule has 0 aromatic heterocycles. The predicted octanol–water partition coefficient (Wildman–Crippen LogP) is 3.15. The van der Waals surface area contributed by atoms with Gasteiger partial charge in [-0.3, -0.25) is 4.79 Å². The van der Waals surface area contributed by atoms with Crippen LogP contribution in [0.15, 0.2) is 12.1 Å². The Kier molecular flexibility index (Phi) is 5.29. The van der Waals surface area contributed by atoms with E-state index in [1.807, 2.05) is 0 Å². The molecule has 2 N–H and O–H groups in total. The van der Waals surface area contributed by atoms with Crippen LogP contribution in [0.5, 0.6) is 0 Å². The summed E-state index contributed by atoms with van der Waals surface area (Å²) in [7, 11) is 1.39.